The fourth-order valence-corrected chi connectivity index (χ4v) is 2.67. The molecule has 0 spiro atoms. The van der Waals surface area contributed by atoms with Gasteiger partial charge >= 0.3 is 0 Å². The van der Waals surface area contributed by atoms with Crippen LogP contribution in [-0.2, 0) is 4.79 Å². The quantitative estimate of drug-likeness (QED) is 0.765. The van der Waals surface area contributed by atoms with E-state index in [1.54, 1.807) is 6.07 Å². The lowest BCUT2D eigenvalue weighted by atomic mass is 10.1. The highest BCUT2D eigenvalue weighted by atomic mass is 32.1. The Bertz CT molecular complexity index is 668. The lowest BCUT2D eigenvalue weighted by Crippen LogP contribution is -2.36. The van der Waals surface area contributed by atoms with Gasteiger partial charge in [0.2, 0.25) is 0 Å². The Hall–Kier alpha value is -2.34. The molecular weight excluding hydrogens is 312 g/mol. The SMILES string of the molecule is Cc1ccc(OCC(=O)NCCNC(=O)c2cccs2)c(C)c1. The number of thiophene rings is 1. The van der Waals surface area contributed by atoms with Gasteiger partial charge in [0.25, 0.3) is 11.8 Å². The number of nitrogens with one attached hydrogen (secondary N) is 2. The second kappa shape index (κ2) is 8.33. The highest BCUT2D eigenvalue weighted by Crippen LogP contribution is 2.18. The zero-order valence-corrected chi connectivity index (χ0v) is 14.0. The number of benzene rings is 1. The van der Waals surface area contributed by atoms with Crippen LogP contribution in [-0.4, -0.2) is 31.5 Å². The van der Waals surface area contributed by atoms with E-state index in [2.05, 4.69) is 10.6 Å². The average molecular weight is 332 g/mol. The molecule has 0 aliphatic carbocycles. The number of aryl methyl sites for hydroxylation is 2. The molecule has 0 bridgehead atoms. The fraction of sp³-hybridized carbons (Fsp3) is 0.294. The first-order valence-corrected chi connectivity index (χ1v) is 8.22. The Morgan fingerprint density at radius 1 is 1.13 bits per heavy atom. The molecule has 0 saturated carbocycles. The van der Waals surface area contributed by atoms with Crippen LogP contribution in [0.15, 0.2) is 35.7 Å². The van der Waals surface area contributed by atoms with Crippen molar-refractivity contribution in [1.82, 2.24) is 10.6 Å². The molecule has 1 aromatic carbocycles. The van der Waals surface area contributed by atoms with Gasteiger partial charge in [-0.1, -0.05) is 23.8 Å². The third-order valence-electron chi connectivity index (χ3n) is 3.17. The predicted octanol–water partition coefficient (Wildman–Crippen LogP) is 2.29. The summed E-state index contributed by atoms with van der Waals surface area (Å²) in [7, 11) is 0. The molecule has 1 heterocycles. The van der Waals surface area contributed by atoms with Gasteiger partial charge in [-0.3, -0.25) is 9.59 Å². The zero-order chi connectivity index (χ0) is 16.7. The summed E-state index contributed by atoms with van der Waals surface area (Å²) in [6.45, 7) is 4.66. The summed E-state index contributed by atoms with van der Waals surface area (Å²) in [4.78, 5) is 24.1. The average Bonchev–Trinajstić information content (AvgIpc) is 3.05. The van der Waals surface area contributed by atoms with E-state index in [1.165, 1.54) is 11.3 Å². The minimum atomic E-state index is -0.213. The molecule has 2 N–H and O–H groups in total. The van der Waals surface area contributed by atoms with Gasteiger partial charge in [-0.2, -0.15) is 0 Å². The Balaban J connectivity index is 1.64. The standard InChI is InChI=1S/C17H20N2O3S/c1-12-5-6-14(13(2)10-12)22-11-16(20)18-7-8-19-17(21)15-4-3-9-23-15/h3-6,9-10H,7-8,11H2,1-2H3,(H,18,20)(H,19,21). The number of rotatable bonds is 7. The lowest BCUT2D eigenvalue weighted by molar-refractivity contribution is -0.123. The van der Waals surface area contributed by atoms with Crippen molar-refractivity contribution in [3.05, 3.63) is 51.7 Å². The van der Waals surface area contributed by atoms with Gasteiger partial charge in [0.05, 0.1) is 4.88 Å². The third kappa shape index (κ3) is 5.41. The van der Waals surface area contributed by atoms with Crippen molar-refractivity contribution in [3.8, 4) is 5.75 Å². The molecule has 0 saturated heterocycles. The van der Waals surface area contributed by atoms with E-state index < -0.39 is 0 Å². The van der Waals surface area contributed by atoms with E-state index in [4.69, 9.17) is 4.74 Å². The smallest absolute Gasteiger partial charge is 0.261 e. The summed E-state index contributed by atoms with van der Waals surface area (Å²) in [6.07, 6.45) is 0. The van der Waals surface area contributed by atoms with E-state index in [0.717, 1.165) is 11.1 Å². The first kappa shape index (κ1) is 17.0. The first-order valence-electron chi connectivity index (χ1n) is 7.34. The van der Waals surface area contributed by atoms with Gasteiger partial charge in [-0.25, -0.2) is 0 Å². The summed E-state index contributed by atoms with van der Waals surface area (Å²) < 4.78 is 5.49. The molecule has 2 rings (SSSR count). The van der Waals surface area contributed by atoms with Crippen molar-refractivity contribution in [2.24, 2.45) is 0 Å². The summed E-state index contributed by atoms with van der Waals surface area (Å²) in [6, 6.07) is 9.40. The molecule has 2 amide bonds. The van der Waals surface area contributed by atoms with E-state index >= 15 is 0 Å². The molecule has 0 fully saturated rings. The van der Waals surface area contributed by atoms with E-state index in [9.17, 15) is 9.59 Å². The van der Waals surface area contributed by atoms with E-state index in [0.29, 0.717) is 23.7 Å². The Morgan fingerprint density at radius 3 is 2.61 bits per heavy atom. The highest BCUT2D eigenvalue weighted by Gasteiger charge is 2.07. The molecule has 6 heteroatoms. The monoisotopic (exact) mass is 332 g/mol. The third-order valence-corrected chi connectivity index (χ3v) is 4.04. The molecule has 2 aromatic rings. The molecule has 5 nitrogen and oxygen atoms in total. The van der Waals surface area contributed by atoms with Crippen LogP contribution in [0.2, 0.25) is 0 Å². The van der Waals surface area contributed by atoms with Gasteiger partial charge in [0.15, 0.2) is 6.61 Å². The Morgan fingerprint density at radius 2 is 1.91 bits per heavy atom. The molecule has 0 unspecified atom stereocenters. The molecule has 1 aromatic heterocycles. The Labute approximate surface area is 139 Å². The molecular formula is C17H20N2O3S. The normalized spacial score (nSPS) is 10.2. The zero-order valence-electron chi connectivity index (χ0n) is 13.2. The number of hydrogen-bond donors (Lipinski definition) is 2. The summed E-state index contributed by atoms with van der Waals surface area (Å²) >= 11 is 1.38. The fourth-order valence-electron chi connectivity index (χ4n) is 2.03. The molecule has 0 aliphatic heterocycles. The van der Waals surface area contributed by atoms with Gasteiger partial charge in [-0.05, 0) is 36.9 Å². The van der Waals surface area contributed by atoms with Crippen molar-refractivity contribution in [2.45, 2.75) is 13.8 Å². The molecule has 0 atom stereocenters. The van der Waals surface area contributed by atoms with Crippen molar-refractivity contribution >= 4 is 23.2 Å². The van der Waals surface area contributed by atoms with Crippen LogP contribution >= 0.6 is 11.3 Å². The number of ether oxygens (including phenoxy) is 1. The highest BCUT2D eigenvalue weighted by molar-refractivity contribution is 7.12. The number of carbonyl (C=O) groups excluding carboxylic acids is 2. The molecule has 23 heavy (non-hydrogen) atoms. The van der Waals surface area contributed by atoms with Crippen LogP contribution in [0.3, 0.4) is 0 Å². The van der Waals surface area contributed by atoms with Crippen LogP contribution in [0.25, 0.3) is 0 Å². The maximum Gasteiger partial charge on any atom is 0.261 e. The minimum Gasteiger partial charge on any atom is -0.484 e. The predicted molar refractivity (Wildman–Crippen MR) is 91.1 cm³/mol. The van der Waals surface area contributed by atoms with Crippen molar-refractivity contribution in [1.29, 1.82) is 0 Å². The number of amides is 2. The summed E-state index contributed by atoms with van der Waals surface area (Å²) in [5, 5.41) is 7.30. The van der Waals surface area contributed by atoms with Crippen LogP contribution in [0.1, 0.15) is 20.8 Å². The topological polar surface area (TPSA) is 67.4 Å². The minimum absolute atomic E-state index is 0.0389. The maximum absolute atomic E-state index is 11.7. The number of hydrogen-bond acceptors (Lipinski definition) is 4. The van der Waals surface area contributed by atoms with Crippen LogP contribution < -0.4 is 15.4 Å². The van der Waals surface area contributed by atoms with Gasteiger partial charge in [-0.15, -0.1) is 11.3 Å². The molecule has 0 aliphatic rings. The van der Waals surface area contributed by atoms with Crippen molar-refractivity contribution < 1.29 is 14.3 Å². The van der Waals surface area contributed by atoms with Crippen LogP contribution in [0, 0.1) is 13.8 Å². The molecule has 122 valence electrons. The largest absolute Gasteiger partial charge is 0.484 e. The van der Waals surface area contributed by atoms with E-state index in [-0.39, 0.29) is 18.4 Å². The van der Waals surface area contributed by atoms with Gasteiger partial charge < -0.3 is 15.4 Å². The number of carbonyl (C=O) groups is 2. The lowest BCUT2D eigenvalue weighted by Gasteiger charge is -2.10. The van der Waals surface area contributed by atoms with Crippen molar-refractivity contribution in [3.63, 3.8) is 0 Å². The van der Waals surface area contributed by atoms with Gasteiger partial charge in [0.1, 0.15) is 5.75 Å². The van der Waals surface area contributed by atoms with Gasteiger partial charge in [0, 0.05) is 13.1 Å². The summed E-state index contributed by atoms with van der Waals surface area (Å²) in [5.74, 6) is 0.368. The first-order chi connectivity index (χ1) is 11.1. The summed E-state index contributed by atoms with van der Waals surface area (Å²) in [5.41, 5.74) is 2.15. The van der Waals surface area contributed by atoms with Crippen LogP contribution in [0.5, 0.6) is 5.75 Å². The maximum atomic E-state index is 11.7. The van der Waals surface area contributed by atoms with Crippen molar-refractivity contribution in [2.75, 3.05) is 19.7 Å². The Kier molecular flexibility index (Phi) is 6.17. The van der Waals surface area contributed by atoms with Crippen LogP contribution in [0.4, 0.5) is 0 Å². The molecule has 0 radical (unpaired) electrons. The second-order valence-corrected chi connectivity index (χ2v) is 6.09. The van der Waals surface area contributed by atoms with E-state index in [1.807, 2.05) is 43.5 Å². The second-order valence-electron chi connectivity index (χ2n) is 5.14.